The SMILES string of the molecule is CC[C@H](C)[C@H](NC(=O)C(C)(C)C)C(=O)ON1C(=O)CCC1=O. The minimum atomic E-state index is -0.905. The van der Waals surface area contributed by atoms with E-state index in [2.05, 4.69) is 5.32 Å². The van der Waals surface area contributed by atoms with Crippen molar-refractivity contribution in [2.75, 3.05) is 0 Å². The van der Waals surface area contributed by atoms with E-state index in [-0.39, 0.29) is 24.7 Å². The van der Waals surface area contributed by atoms with Crippen LogP contribution in [-0.2, 0) is 24.0 Å². The van der Waals surface area contributed by atoms with E-state index < -0.39 is 29.2 Å². The minimum absolute atomic E-state index is 0.0362. The molecule has 3 amide bonds. The smallest absolute Gasteiger partial charge is 0.342 e. The van der Waals surface area contributed by atoms with Crippen LogP contribution in [0.1, 0.15) is 53.9 Å². The summed E-state index contributed by atoms with van der Waals surface area (Å²) in [6.45, 7) is 8.86. The number of carbonyl (C=O) groups is 4. The van der Waals surface area contributed by atoms with E-state index in [1.807, 2.05) is 6.92 Å². The molecule has 7 nitrogen and oxygen atoms in total. The first-order valence-corrected chi connectivity index (χ1v) is 7.46. The number of carbonyl (C=O) groups excluding carboxylic acids is 4. The molecule has 0 bridgehead atoms. The number of hydrogen-bond donors (Lipinski definition) is 1. The minimum Gasteiger partial charge on any atom is -0.342 e. The number of hydroxylamine groups is 2. The van der Waals surface area contributed by atoms with Crippen LogP contribution in [0.3, 0.4) is 0 Å². The summed E-state index contributed by atoms with van der Waals surface area (Å²) in [7, 11) is 0. The zero-order chi connectivity index (χ0) is 17.1. The van der Waals surface area contributed by atoms with Crippen molar-refractivity contribution < 1.29 is 24.0 Å². The molecule has 22 heavy (non-hydrogen) atoms. The zero-order valence-corrected chi connectivity index (χ0v) is 13.8. The molecule has 0 unspecified atom stereocenters. The summed E-state index contributed by atoms with van der Waals surface area (Å²) in [6, 6.07) is -0.905. The number of rotatable bonds is 5. The number of imide groups is 1. The van der Waals surface area contributed by atoms with Gasteiger partial charge < -0.3 is 10.2 Å². The Kier molecular flexibility index (Phi) is 5.68. The standard InChI is InChI=1S/C15H24N2O5/c1-6-9(2)12(16-14(21)15(3,4)5)13(20)22-17-10(18)7-8-11(17)19/h9,12H,6-8H2,1-5H3,(H,16,21)/t9-,12-/m0/s1. The van der Waals surface area contributed by atoms with Gasteiger partial charge in [0.1, 0.15) is 6.04 Å². The number of nitrogens with one attached hydrogen (secondary N) is 1. The Morgan fingerprint density at radius 1 is 1.23 bits per heavy atom. The number of nitrogens with zero attached hydrogens (tertiary/aromatic N) is 1. The fourth-order valence-electron chi connectivity index (χ4n) is 1.83. The summed E-state index contributed by atoms with van der Waals surface area (Å²) in [6.07, 6.45) is 0.703. The van der Waals surface area contributed by atoms with Crippen molar-refractivity contribution >= 4 is 23.7 Å². The lowest BCUT2D eigenvalue weighted by Gasteiger charge is -2.27. The Balaban J connectivity index is 2.83. The van der Waals surface area contributed by atoms with Crippen molar-refractivity contribution in [3.63, 3.8) is 0 Å². The lowest BCUT2D eigenvalue weighted by molar-refractivity contribution is -0.200. The van der Waals surface area contributed by atoms with Crippen molar-refractivity contribution in [2.45, 2.75) is 59.9 Å². The molecule has 1 rings (SSSR count). The van der Waals surface area contributed by atoms with E-state index in [1.165, 1.54) is 0 Å². The molecule has 1 saturated heterocycles. The molecule has 1 N–H and O–H groups in total. The second kappa shape index (κ2) is 6.89. The van der Waals surface area contributed by atoms with Crippen molar-refractivity contribution in [1.82, 2.24) is 10.4 Å². The van der Waals surface area contributed by atoms with Crippen LogP contribution >= 0.6 is 0 Å². The topological polar surface area (TPSA) is 92.8 Å². The van der Waals surface area contributed by atoms with Crippen LogP contribution in [0.15, 0.2) is 0 Å². The van der Waals surface area contributed by atoms with Crippen LogP contribution in [0.4, 0.5) is 0 Å². The molecule has 0 aromatic heterocycles. The molecule has 0 radical (unpaired) electrons. The van der Waals surface area contributed by atoms with Gasteiger partial charge in [-0.1, -0.05) is 41.0 Å². The molecule has 1 aliphatic rings. The predicted octanol–water partition coefficient (Wildman–Crippen LogP) is 1.17. The van der Waals surface area contributed by atoms with E-state index in [4.69, 9.17) is 4.84 Å². The van der Waals surface area contributed by atoms with Crippen molar-refractivity contribution in [3.8, 4) is 0 Å². The molecule has 2 atom stereocenters. The second-order valence-corrected chi connectivity index (χ2v) is 6.58. The quantitative estimate of drug-likeness (QED) is 0.769. The van der Waals surface area contributed by atoms with Gasteiger partial charge >= 0.3 is 5.97 Å². The van der Waals surface area contributed by atoms with E-state index >= 15 is 0 Å². The fraction of sp³-hybridized carbons (Fsp3) is 0.733. The van der Waals surface area contributed by atoms with E-state index in [0.717, 1.165) is 0 Å². The Bertz CT molecular complexity index is 465. The molecule has 1 heterocycles. The Hall–Kier alpha value is -1.92. The Labute approximate surface area is 130 Å². The first-order valence-electron chi connectivity index (χ1n) is 7.46. The number of hydrogen-bond acceptors (Lipinski definition) is 5. The first kappa shape index (κ1) is 18.1. The van der Waals surface area contributed by atoms with E-state index in [0.29, 0.717) is 11.5 Å². The molecule has 1 aliphatic heterocycles. The molecular weight excluding hydrogens is 288 g/mol. The molecule has 1 fully saturated rings. The maximum atomic E-state index is 12.3. The van der Waals surface area contributed by atoms with E-state index in [1.54, 1.807) is 27.7 Å². The average Bonchev–Trinajstić information content (AvgIpc) is 2.74. The summed E-state index contributed by atoms with van der Waals surface area (Å²) in [4.78, 5) is 52.3. The number of amides is 3. The highest BCUT2D eigenvalue weighted by Gasteiger charge is 2.37. The summed E-state index contributed by atoms with van der Waals surface area (Å²) < 4.78 is 0. The first-order chi connectivity index (χ1) is 10.1. The molecular formula is C15H24N2O5. The summed E-state index contributed by atoms with van der Waals surface area (Å²) in [5.74, 6) is -2.36. The highest BCUT2D eigenvalue weighted by molar-refractivity contribution is 6.02. The van der Waals surface area contributed by atoms with Crippen LogP contribution in [-0.4, -0.2) is 34.8 Å². The van der Waals surface area contributed by atoms with Crippen molar-refractivity contribution in [3.05, 3.63) is 0 Å². The highest BCUT2D eigenvalue weighted by Crippen LogP contribution is 2.18. The summed E-state index contributed by atoms with van der Waals surface area (Å²) >= 11 is 0. The third-order valence-electron chi connectivity index (χ3n) is 3.62. The van der Waals surface area contributed by atoms with Crippen LogP contribution < -0.4 is 5.32 Å². The van der Waals surface area contributed by atoms with Crippen LogP contribution in [0.5, 0.6) is 0 Å². The van der Waals surface area contributed by atoms with Crippen LogP contribution in [0, 0.1) is 11.3 Å². The third kappa shape index (κ3) is 4.29. The Morgan fingerprint density at radius 3 is 2.14 bits per heavy atom. The van der Waals surface area contributed by atoms with Crippen LogP contribution in [0.2, 0.25) is 0 Å². The van der Waals surface area contributed by atoms with Crippen molar-refractivity contribution in [1.29, 1.82) is 0 Å². The largest absolute Gasteiger partial charge is 0.355 e. The molecule has 0 aliphatic carbocycles. The van der Waals surface area contributed by atoms with Gasteiger partial charge in [0, 0.05) is 18.3 Å². The molecule has 0 saturated carbocycles. The van der Waals surface area contributed by atoms with Crippen molar-refractivity contribution in [2.24, 2.45) is 11.3 Å². The normalized spacial score (nSPS) is 18.1. The lowest BCUT2D eigenvalue weighted by Crippen LogP contribution is -2.51. The molecule has 124 valence electrons. The highest BCUT2D eigenvalue weighted by atomic mass is 16.7. The lowest BCUT2D eigenvalue weighted by atomic mass is 9.93. The van der Waals surface area contributed by atoms with Gasteiger partial charge in [0.05, 0.1) is 0 Å². The summed E-state index contributed by atoms with van der Waals surface area (Å²) in [5, 5.41) is 3.15. The van der Waals surface area contributed by atoms with Gasteiger partial charge in [0.2, 0.25) is 5.91 Å². The predicted molar refractivity (Wildman–Crippen MR) is 78.0 cm³/mol. The maximum absolute atomic E-state index is 12.3. The fourth-order valence-corrected chi connectivity index (χ4v) is 1.83. The Morgan fingerprint density at radius 2 is 1.73 bits per heavy atom. The van der Waals surface area contributed by atoms with Gasteiger partial charge in [-0.25, -0.2) is 4.79 Å². The monoisotopic (exact) mass is 312 g/mol. The third-order valence-corrected chi connectivity index (χ3v) is 3.62. The van der Waals surface area contributed by atoms with Gasteiger partial charge in [-0.2, -0.15) is 0 Å². The van der Waals surface area contributed by atoms with Gasteiger partial charge in [-0.05, 0) is 5.92 Å². The summed E-state index contributed by atoms with van der Waals surface area (Å²) in [5.41, 5.74) is -0.661. The molecule has 0 aromatic carbocycles. The van der Waals surface area contributed by atoms with Gasteiger partial charge in [0.15, 0.2) is 0 Å². The van der Waals surface area contributed by atoms with Gasteiger partial charge in [-0.3, -0.25) is 14.4 Å². The maximum Gasteiger partial charge on any atom is 0.355 e. The second-order valence-electron chi connectivity index (χ2n) is 6.58. The average molecular weight is 312 g/mol. The van der Waals surface area contributed by atoms with Gasteiger partial charge in [-0.15, -0.1) is 5.06 Å². The molecule has 0 aromatic rings. The molecule has 7 heteroatoms. The zero-order valence-electron chi connectivity index (χ0n) is 13.8. The van der Waals surface area contributed by atoms with Crippen LogP contribution in [0.25, 0.3) is 0 Å². The van der Waals surface area contributed by atoms with Gasteiger partial charge in [0.25, 0.3) is 11.8 Å². The van der Waals surface area contributed by atoms with E-state index in [9.17, 15) is 19.2 Å². The molecule has 0 spiro atoms.